The second-order valence-electron chi connectivity index (χ2n) is 5.81. The number of hydrogen-bond acceptors (Lipinski definition) is 3. The molecule has 0 atom stereocenters. The maximum absolute atomic E-state index is 11.9. The van der Waals surface area contributed by atoms with E-state index >= 15 is 0 Å². The monoisotopic (exact) mass is 310 g/mol. The number of benzene rings is 1. The number of aliphatic hydroxyl groups excluding tert-OH is 1. The van der Waals surface area contributed by atoms with Gasteiger partial charge in [-0.15, -0.1) is 0 Å². The lowest BCUT2D eigenvalue weighted by atomic mass is 9.87. The number of aryl methyl sites for hydroxylation is 1. The maximum atomic E-state index is 11.9. The first-order chi connectivity index (χ1) is 10.0. The third-order valence-corrected chi connectivity index (χ3v) is 4.24. The molecule has 1 fully saturated rings. The normalized spacial score (nSPS) is 22.0. The first-order valence-corrected chi connectivity index (χ1v) is 7.87. The smallest absolute Gasteiger partial charge is 0.238 e. The van der Waals surface area contributed by atoms with Gasteiger partial charge in [0.2, 0.25) is 5.91 Å². The van der Waals surface area contributed by atoms with Gasteiger partial charge in [0, 0.05) is 10.7 Å². The Morgan fingerprint density at radius 2 is 2.05 bits per heavy atom. The van der Waals surface area contributed by atoms with E-state index in [1.54, 1.807) is 6.07 Å². The Labute approximate surface area is 130 Å². The summed E-state index contributed by atoms with van der Waals surface area (Å²) in [5.74, 6) is 0.505. The van der Waals surface area contributed by atoms with Crippen molar-refractivity contribution in [2.24, 2.45) is 5.92 Å². The number of hydrogen-bond donors (Lipinski definition) is 3. The molecule has 0 unspecified atom stereocenters. The molecule has 0 heterocycles. The minimum absolute atomic E-state index is 0.0591. The molecule has 5 heteroatoms. The quantitative estimate of drug-likeness (QED) is 0.783. The highest BCUT2D eigenvalue weighted by molar-refractivity contribution is 6.31. The molecule has 1 aliphatic carbocycles. The van der Waals surface area contributed by atoms with Crippen LogP contribution in [0.1, 0.15) is 31.2 Å². The molecule has 116 valence electrons. The molecule has 1 saturated carbocycles. The predicted octanol–water partition coefficient (Wildman–Crippen LogP) is 2.73. The van der Waals surface area contributed by atoms with Gasteiger partial charge >= 0.3 is 0 Å². The SMILES string of the molecule is Cc1ccc(Cl)cc1NC(=O)CNCC1CCC(O)CC1. The number of halogens is 1. The lowest BCUT2D eigenvalue weighted by Gasteiger charge is -2.25. The van der Waals surface area contributed by atoms with Gasteiger partial charge < -0.3 is 15.7 Å². The highest BCUT2D eigenvalue weighted by Gasteiger charge is 2.19. The summed E-state index contributed by atoms with van der Waals surface area (Å²) in [6.45, 7) is 3.06. The fraction of sp³-hybridized carbons (Fsp3) is 0.562. The fourth-order valence-electron chi connectivity index (χ4n) is 2.66. The average molecular weight is 311 g/mol. The van der Waals surface area contributed by atoms with Gasteiger partial charge in [0.25, 0.3) is 0 Å². The van der Waals surface area contributed by atoms with E-state index in [2.05, 4.69) is 10.6 Å². The highest BCUT2D eigenvalue weighted by Crippen LogP contribution is 2.23. The van der Waals surface area contributed by atoms with Crippen LogP contribution in [-0.2, 0) is 4.79 Å². The van der Waals surface area contributed by atoms with Crippen LogP contribution in [0.25, 0.3) is 0 Å². The van der Waals surface area contributed by atoms with E-state index in [-0.39, 0.29) is 12.0 Å². The van der Waals surface area contributed by atoms with Crippen LogP contribution in [0.3, 0.4) is 0 Å². The van der Waals surface area contributed by atoms with Crippen LogP contribution in [0.4, 0.5) is 5.69 Å². The van der Waals surface area contributed by atoms with Crippen molar-refractivity contribution in [1.29, 1.82) is 0 Å². The van der Waals surface area contributed by atoms with Crippen LogP contribution in [0.15, 0.2) is 18.2 Å². The number of nitrogens with one attached hydrogen (secondary N) is 2. The zero-order chi connectivity index (χ0) is 15.2. The van der Waals surface area contributed by atoms with Crippen LogP contribution < -0.4 is 10.6 Å². The zero-order valence-corrected chi connectivity index (χ0v) is 13.1. The molecule has 0 spiro atoms. The Morgan fingerprint density at radius 3 is 2.76 bits per heavy atom. The van der Waals surface area contributed by atoms with Gasteiger partial charge in [-0.2, -0.15) is 0 Å². The van der Waals surface area contributed by atoms with Crippen molar-refractivity contribution in [3.05, 3.63) is 28.8 Å². The molecule has 1 aromatic rings. The lowest BCUT2D eigenvalue weighted by molar-refractivity contribution is -0.115. The minimum Gasteiger partial charge on any atom is -0.393 e. The molecule has 0 radical (unpaired) electrons. The van der Waals surface area contributed by atoms with Gasteiger partial charge in [0.1, 0.15) is 0 Å². The van der Waals surface area contributed by atoms with Crippen LogP contribution in [0, 0.1) is 12.8 Å². The van der Waals surface area contributed by atoms with Crippen LogP contribution in [-0.4, -0.2) is 30.2 Å². The average Bonchev–Trinajstić information content (AvgIpc) is 2.45. The molecule has 0 aliphatic heterocycles. The second-order valence-corrected chi connectivity index (χ2v) is 6.25. The number of carbonyl (C=O) groups is 1. The largest absolute Gasteiger partial charge is 0.393 e. The van der Waals surface area contributed by atoms with Crippen molar-refractivity contribution in [1.82, 2.24) is 5.32 Å². The van der Waals surface area contributed by atoms with Crippen LogP contribution in [0.2, 0.25) is 5.02 Å². The van der Waals surface area contributed by atoms with Gasteiger partial charge in [-0.1, -0.05) is 17.7 Å². The van der Waals surface area contributed by atoms with Crippen LogP contribution in [0.5, 0.6) is 0 Å². The van der Waals surface area contributed by atoms with Gasteiger partial charge in [0.05, 0.1) is 12.6 Å². The molecule has 0 bridgehead atoms. The third-order valence-electron chi connectivity index (χ3n) is 4.01. The molecule has 1 aliphatic rings. The molecule has 1 aromatic carbocycles. The summed E-state index contributed by atoms with van der Waals surface area (Å²) < 4.78 is 0. The van der Waals surface area contributed by atoms with E-state index in [0.29, 0.717) is 17.5 Å². The van der Waals surface area contributed by atoms with Crippen molar-refractivity contribution < 1.29 is 9.90 Å². The van der Waals surface area contributed by atoms with Crippen molar-refractivity contribution in [3.63, 3.8) is 0 Å². The number of anilines is 1. The second kappa shape index (κ2) is 7.78. The van der Waals surface area contributed by atoms with E-state index in [9.17, 15) is 9.90 Å². The summed E-state index contributed by atoms with van der Waals surface area (Å²) in [5, 5.41) is 16.1. The van der Waals surface area contributed by atoms with E-state index < -0.39 is 0 Å². The standard InChI is InChI=1S/C16H23ClN2O2/c1-11-2-5-13(17)8-15(11)19-16(21)10-18-9-12-3-6-14(20)7-4-12/h2,5,8,12,14,18,20H,3-4,6-7,9-10H2,1H3,(H,19,21). The summed E-state index contributed by atoms with van der Waals surface area (Å²) >= 11 is 5.93. The van der Waals surface area contributed by atoms with Crippen molar-refractivity contribution >= 4 is 23.2 Å². The number of aliphatic hydroxyl groups is 1. The molecule has 0 saturated heterocycles. The lowest BCUT2D eigenvalue weighted by Crippen LogP contribution is -2.33. The molecular formula is C16H23ClN2O2. The van der Waals surface area contributed by atoms with Crippen molar-refractivity contribution in [2.45, 2.75) is 38.7 Å². The van der Waals surface area contributed by atoms with Crippen LogP contribution >= 0.6 is 11.6 Å². The molecule has 1 amide bonds. The summed E-state index contributed by atoms with van der Waals surface area (Å²) in [7, 11) is 0. The Morgan fingerprint density at radius 1 is 1.33 bits per heavy atom. The Kier molecular flexibility index (Phi) is 6.03. The topological polar surface area (TPSA) is 61.4 Å². The zero-order valence-electron chi connectivity index (χ0n) is 12.4. The summed E-state index contributed by atoms with van der Waals surface area (Å²) in [6.07, 6.45) is 3.68. The van der Waals surface area contributed by atoms with E-state index in [4.69, 9.17) is 11.6 Å². The first kappa shape index (κ1) is 16.3. The molecule has 3 N–H and O–H groups in total. The summed E-state index contributed by atoms with van der Waals surface area (Å²) in [5.41, 5.74) is 1.75. The Bertz CT molecular complexity index is 485. The molecule has 4 nitrogen and oxygen atoms in total. The van der Waals surface area contributed by atoms with Gasteiger partial charge in [-0.05, 0) is 62.8 Å². The summed E-state index contributed by atoms with van der Waals surface area (Å²) in [4.78, 5) is 11.9. The van der Waals surface area contributed by atoms with E-state index in [1.165, 1.54) is 0 Å². The van der Waals surface area contributed by atoms with Gasteiger partial charge in [-0.25, -0.2) is 0 Å². The minimum atomic E-state index is -0.129. The third kappa shape index (κ3) is 5.30. The number of carbonyl (C=O) groups excluding carboxylic acids is 1. The Balaban J connectivity index is 1.71. The van der Waals surface area contributed by atoms with Gasteiger partial charge in [0.15, 0.2) is 0 Å². The van der Waals surface area contributed by atoms with Gasteiger partial charge in [-0.3, -0.25) is 4.79 Å². The van der Waals surface area contributed by atoms with E-state index in [1.807, 2.05) is 19.1 Å². The van der Waals surface area contributed by atoms with Crippen molar-refractivity contribution in [3.8, 4) is 0 Å². The number of rotatable bonds is 5. The molecular weight excluding hydrogens is 288 g/mol. The van der Waals surface area contributed by atoms with Crippen molar-refractivity contribution in [2.75, 3.05) is 18.4 Å². The predicted molar refractivity (Wildman–Crippen MR) is 85.7 cm³/mol. The molecule has 0 aromatic heterocycles. The maximum Gasteiger partial charge on any atom is 0.238 e. The number of amides is 1. The summed E-state index contributed by atoms with van der Waals surface area (Å²) in [6, 6.07) is 5.46. The van der Waals surface area contributed by atoms with E-state index in [0.717, 1.165) is 43.5 Å². The fourth-order valence-corrected chi connectivity index (χ4v) is 2.83. The highest BCUT2D eigenvalue weighted by atomic mass is 35.5. The molecule has 21 heavy (non-hydrogen) atoms. The Hall–Kier alpha value is -1.10. The first-order valence-electron chi connectivity index (χ1n) is 7.49. The molecule has 2 rings (SSSR count).